The second-order valence-electron chi connectivity index (χ2n) is 3.52. The fourth-order valence-electron chi connectivity index (χ4n) is 1.70. The standard InChI is InChI=1S/C13H14N2O2/c1-16-12-8-9(14)7-10(13(12)17-2)11-5-3-4-6-15-11/h3-8H,14H2,1-2H3. The van der Waals surface area contributed by atoms with Gasteiger partial charge in [-0.15, -0.1) is 0 Å². The summed E-state index contributed by atoms with van der Waals surface area (Å²) in [5, 5.41) is 0. The molecule has 0 aliphatic rings. The first-order valence-corrected chi connectivity index (χ1v) is 5.19. The Morgan fingerprint density at radius 2 is 1.94 bits per heavy atom. The molecule has 88 valence electrons. The zero-order valence-corrected chi connectivity index (χ0v) is 9.81. The molecule has 1 aromatic heterocycles. The highest BCUT2D eigenvalue weighted by atomic mass is 16.5. The third kappa shape index (κ3) is 2.15. The minimum atomic E-state index is 0.605. The van der Waals surface area contributed by atoms with Crippen LogP contribution in [0.2, 0.25) is 0 Å². The number of hydrogen-bond acceptors (Lipinski definition) is 4. The fraction of sp³-hybridized carbons (Fsp3) is 0.154. The van der Waals surface area contributed by atoms with Crippen LogP contribution in [-0.4, -0.2) is 19.2 Å². The van der Waals surface area contributed by atoms with E-state index in [1.807, 2.05) is 24.3 Å². The molecule has 4 heteroatoms. The Hall–Kier alpha value is -2.23. The maximum absolute atomic E-state index is 5.83. The van der Waals surface area contributed by atoms with Gasteiger partial charge in [-0.1, -0.05) is 6.07 Å². The average Bonchev–Trinajstić information content (AvgIpc) is 2.38. The quantitative estimate of drug-likeness (QED) is 0.822. The molecule has 1 heterocycles. The van der Waals surface area contributed by atoms with Crippen molar-refractivity contribution in [3.05, 3.63) is 36.5 Å². The zero-order chi connectivity index (χ0) is 12.3. The molecule has 0 spiro atoms. The predicted molar refractivity (Wildman–Crippen MR) is 67.2 cm³/mol. The van der Waals surface area contributed by atoms with E-state index in [4.69, 9.17) is 15.2 Å². The molecule has 0 saturated heterocycles. The summed E-state index contributed by atoms with van der Waals surface area (Å²) in [5.74, 6) is 1.24. The summed E-state index contributed by atoms with van der Waals surface area (Å²) in [5.41, 5.74) is 8.07. The topological polar surface area (TPSA) is 57.4 Å². The molecule has 0 aliphatic heterocycles. The highest BCUT2D eigenvalue weighted by Gasteiger charge is 2.13. The molecule has 0 unspecified atom stereocenters. The summed E-state index contributed by atoms with van der Waals surface area (Å²) < 4.78 is 10.6. The number of hydrogen-bond donors (Lipinski definition) is 1. The summed E-state index contributed by atoms with van der Waals surface area (Å²) in [6.07, 6.45) is 1.73. The number of benzene rings is 1. The van der Waals surface area contributed by atoms with E-state index in [1.165, 1.54) is 0 Å². The molecule has 0 atom stereocenters. The number of methoxy groups -OCH3 is 2. The van der Waals surface area contributed by atoms with Gasteiger partial charge in [0.1, 0.15) is 0 Å². The van der Waals surface area contributed by atoms with Crippen LogP contribution < -0.4 is 15.2 Å². The minimum Gasteiger partial charge on any atom is -0.493 e. The van der Waals surface area contributed by atoms with Crippen LogP contribution in [0.15, 0.2) is 36.5 Å². The van der Waals surface area contributed by atoms with Gasteiger partial charge < -0.3 is 15.2 Å². The molecule has 2 N–H and O–H groups in total. The van der Waals surface area contributed by atoms with Crippen LogP contribution in [0, 0.1) is 0 Å². The summed E-state index contributed by atoms with van der Waals surface area (Å²) in [6, 6.07) is 9.22. The molecule has 0 fully saturated rings. The molecule has 2 rings (SSSR count). The lowest BCUT2D eigenvalue weighted by atomic mass is 10.1. The van der Waals surface area contributed by atoms with Crippen LogP contribution in [0.1, 0.15) is 0 Å². The maximum atomic E-state index is 5.83. The molecule has 4 nitrogen and oxygen atoms in total. The van der Waals surface area contributed by atoms with Gasteiger partial charge in [0, 0.05) is 23.5 Å². The van der Waals surface area contributed by atoms with Crippen molar-refractivity contribution in [2.24, 2.45) is 0 Å². The van der Waals surface area contributed by atoms with Gasteiger partial charge in [-0.3, -0.25) is 4.98 Å². The van der Waals surface area contributed by atoms with E-state index in [0.29, 0.717) is 17.2 Å². The Labute approximate surface area is 100 Å². The first kappa shape index (κ1) is 11.3. The molecule has 1 aromatic carbocycles. The highest BCUT2D eigenvalue weighted by molar-refractivity contribution is 5.75. The van der Waals surface area contributed by atoms with Crippen molar-refractivity contribution in [2.75, 3.05) is 20.0 Å². The molecule has 0 bridgehead atoms. The van der Waals surface area contributed by atoms with Gasteiger partial charge in [0.25, 0.3) is 0 Å². The molecule has 0 aliphatic carbocycles. The fourth-order valence-corrected chi connectivity index (χ4v) is 1.70. The monoisotopic (exact) mass is 230 g/mol. The van der Waals surface area contributed by atoms with Crippen molar-refractivity contribution >= 4 is 5.69 Å². The Bertz CT molecular complexity index is 512. The SMILES string of the molecule is COc1cc(N)cc(-c2ccccn2)c1OC. The van der Waals surface area contributed by atoms with E-state index in [0.717, 1.165) is 11.3 Å². The van der Waals surface area contributed by atoms with Crippen LogP contribution in [0.4, 0.5) is 5.69 Å². The van der Waals surface area contributed by atoms with E-state index < -0.39 is 0 Å². The summed E-state index contributed by atoms with van der Waals surface area (Å²) in [7, 11) is 3.18. The largest absolute Gasteiger partial charge is 0.493 e. The third-order valence-electron chi connectivity index (χ3n) is 2.44. The Morgan fingerprint density at radius 3 is 2.53 bits per heavy atom. The average molecular weight is 230 g/mol. The predicted octanol–water partition coefficient (Wildman–Crippen LogP) is 2.35. The second-order valence-corrected chi connectivity index (χ2v) is 3.52. The zero-order valence-electron chi connectivity index (χ0n) is 9.81. The number of pyridine rings is 1. The van der Waals surface area contributed by atoms with Crippen LogP contribution >= 0.6 is 0 Å². The van der Waals surface area contributed by atoms with Crippen molar-refractivity contribution in [3.8, 4) is 22.8 Å². The van der Waals surface area contributed by atoms with Gasteiger partial charge in [-0.05, 0) is 18.2 Å². The summed E-state index contributed by atoms with van der Waals surface area (Å²) >= 11 is 0. The maximum Gasteiger partial charge on any atom is 0.170 e. The van der Waals surface area contributed by atoms with Crippen molar-refractivity contribution in [1.29, 1.82) is 0 Å². The summed E-state index contributed by atoms with van der Waals surface area (Å²) in [6.45, 7) is 0. The van der Waals surface area contributed by atoms with Gasteiger partial charge >= 0.3 is 0 Å². The van der Waals surface area contributed by atoms with Crippen molar-refractivity contribution in [1.82, 2.24) is 4.98 Å². The number of rotatable bonds is 3. The van der Waals surface area contributed by atoms with Crippen molar-refractivity contribution < 1.29 is 9.47 Å². The lowest BCUT2D eigenvalue weighted by molar-refractivity contribution is 0.356. The summed E-state index contributed by atoms with van der Waals surface area (Å²) in [4.78, 5) is 4.28. The van der Waals surface area contributed by atoms with Gasteiger partial charge in [-0.25, -0.2) is 0 Å². The number of anilines is 1. The Balaban J connectivity index is 2.64. The molecule has 2 aromatic rings. The van der Waals surface area contributed by atoms with Gasteiger partial charge in [0.15, 0.2) is 11.5 Å². The van der Waals surface area contributed by atoms with E-state index in [-0.39, 0.29) is 0 Å². The first-order chi connectivity index (χ1) is 8.26. The van der Waals surface area contributed by atoms with Gasteiger partial charge in [-0.2, -0.15) is 0 Å². The van der Waals surface area contributed by atoms with Gasteiger partial charge in [0.2, 0.25) is 0 Å². The van der Waals surface area contributed by atoms with Crippen LogP contribution in [-0.2, 0) is 0 Å². The van der Waals surface area contributed by atoms with Crippen LogP contribution in [0.3, 0.4) is 0 Å². The molecular weight excluding hydrogens is 216 g/mol. The second kappa shape index (κ2) is 4.74. The van der Waals surface area contributed by atoms with Gasteiger partial charge in [0.05, 0.1) is 19.9 Å². The first-order valence-electron chi connectivity index (χ1n) is 5.19. The van der Waals surface area contributed by atoms with Crippen LogP contribution in [0.25, 0.3) is 11.3 Å². The number of aromatic nitrogens is 1. The molecule has 17 heavy (non-hydrogen) atoms. The number of nitrogens with zero attached hydrogens (tertiary/aromatic N) is 1. The molecule has 0 amide bonds. The third-order valence-corrected chi connectivity index (χ3v) is 2.44. The lowest BCUT2D eigenvalue weighted by Crippen LogP contribution is -1.97. The van der Waals surface area contributed by atoms with Crippen molar-refractivity contribution in [2.45, 2.75) is 0 Å². The van der Waals surface area contributed by atoms with Crippen LogP contribution in [0.5, 0.6) is 11.5 Å². The van der Waals surface area contributed by atoms with E-state index in [1.54, 1.807) is 26.5 Å². The Morgan fingerprint density at radius 1 is 1.12 bits per heavy atom. The molecular formula is C13H14N2O2. The van der Waals surface area contributed by atoms with E-state index in [2.05, 4.69) is 4.98 Å². The minimum absolute atomic E-state index is 0.605. The molecule has 0 radical (unpaired) electrons. The Kier molecular flexibility index (Phi) is 3.14. The van der Waals surface area contributed by atoms with E-state index in [9.17, 15) is 0 Å². The highest BCUT2D eigenvalue weighted by Crippen LogP contribution is 2.39. The number of nitrogen functional groups attached to an aromatic ring is 1. The van der Waals surface area contributed by atoms with Crippen molar-refractivity contribution in [3.63, 3.8) is 0 Å². The normalized spacial score (nSPS) is 10.0. The number of ether oxygens (including phenoxy) is 2. The smallest absolute Gasteiger partial charge is 0.170 e. The molecule has 0 saturated carbocycles. The van der Waals surface area contributed by atoms with E-state index >= 15 is 0 Å². The number of nitrogens with two attached hydrogens (primary N) is 1. The lowest BCUT2D eigenvalue weighted by Gasteiger charge is -2.13.